The van der Waals surface area contributed by atoms with Crippen LogP contribution in [-0.4, -0.2) is 66.0 Å². The van der Waals surface area contributed by atoms with Crippen molar-refractivity contribution < 1.29 is 14.0 Å². The highest BCUT2D eigenvalue weighted by Gasteiger charge is 2.42. The molecule has 7 heteroatoms. The minimum Gasteiger partial charge on any atom is -0.353 e. The zero-order chi connectivity index (χ0) is 18.6. The number of hydrogen-bond acceptors (Lipinski definition) is 4. The lowest BCUT2D eigenvalue weighted by molar-refractivity contribution is -0.125. The summed E-state index contributed by atoms with van der Waals surface area (Å²) in [6.45, 7) is 5.35. The first kappa shape index (κ1) is 19.7. The number of hydrogen-bond donors (Lipinski definition) is 1. The standard InChI is InChI=1S/C18H26FN3O2S/c1-12(2)18-22(17(24)13-5-7-14(19)8-6-13)15(11-25-18)16(23)20-9-10-21(3)4/h5-8,12,15,18H,9-11H2,1-4H3,(H,20,23). The Morgan fingerprint density at radius 2 is 1.96 bits per heavy atom. The van der Waals surface area contributed by atoms with Crippen LogP contribution in [0.3, 0.4) is 0 Å². The summed E-state index contributed by atoms with van der Waals surface area (Å²) < 4.78 is 13.1. The highest BCUT2D eigenvalue weighted by atomic mass is 32.2. The van der Waals surface area contributed by atoms with Gasteiger partial charge >= 0.3 is 0 Å². The molecule has 1 saturated heterocycles. The zero-order valence-electron chi connectivity index (χ0n) is 15.2. The van der Waals surface area contributed by atoms with Crippen LogP contribution in [0.5, 0.6) is 0 Å². The highest BCUT2D eigenvalue weighted by Crippen LogP contribution is 2.35. The SMILES string of the molecule is CC(C)C1SCC(C(=O)NCCN(C)C)N1C(=O)c1ccc(F)cc1. The van der Waals surface area contributed by atoms with Crippen molar-refractivity contribution in [3.63, 3.8) is 0 Å². The van der Waals surface area contributed by atoms with Gasteiger partial charge in [-0.15, -0.1) is 11.8 Å². The number of rotatable bonds is 6. The number of amides is 2. The Morgan fingerprint density at radius 1 is 1.32 bits per heavy atom. The third kappa shape index (κ3) is 4.95. The zero-order valence-corrected chi connectivity index (χ0v) is 16.0. The maximum absolute atomic E-state index is 13.1. The predicted octanol–water partition coefficient (Wildman–Crippen LogP) is 2.04. The smallest absolute Gasteiger partial charge is 0.255 e. The molecule has 0 aromatic heterocycles. The van der Waals surface area contributed by atoms with Crippen LogP contribution in [0, 0.1) is 11.7 Å². The van der Waals surface area contributed by atoms with Gasteiger partial charge in [0.15, 0.2) is 0 Å². The van der Waals surface area contributed by atoms with E-state index in [1.54, 1.807) is 16.7 Å². The van der Waals surface area contributed by atoms with Gasteiger partial charge in [-0.05, 0) is 44.3 Å². The Bertz CT molecular complexity index is 607. The first-order valence-electron chi connectivity index (χ1n) is 8.43. The van der Waals surface area contributed by atoms with Gasteiger partial charge in [-0.2, -0.15) is 0 Å². The summed E-state index contributed by atoms with van der Waals surface area (Å²) in [4.78, 5) is 29.2. The Morgan fingerprint density at radius 3 is 2.52 bits per heavy atom. The predicted molar refractivity (Wildman–Crippen MR) is 99.0 cm³/mol. The number of carbonyl (C=O) groups excluding carboxylic acids is 2. The Labute approximate surface area is 152 Å². The Balaban J connectivity index is 2.16. The van der Waals surface area contributed by atoms with Gasteiger partial charge in [0.25, 0.3) is 5.91 Å². The average Bonchev–Trinajstić information content (AvgIpc) is 2.99. The summed E-state index contributed by atoms with van der Waals surface area (Å²) in [6, 6.07) is 4.98. The molecule has 1 fully saturated rings. The molecule has 0 saturated carbocycles. The lowest BCUT2D eigenvalue weighted by Gasteiger charge is -2.31. The van der Waals surface area contributed by atoms with E-state index in [0.29, 0.717) is 17.9 Å². The van der Waals surface area contributed by atoms with E-state index < -0.39 is 6.04 Å². The van der Waals surface area contributed by atoms with Crippen LogP contribution in [0.2, 0.25) is 0 Å². The van der Waals surface area contributed by atoms with Crippen LogP contribution >= 0.6 is 11.8 Å². The lowest BCUT2D eigenvalue weighted by atomic mass is 10.1. The maximum Gasteiger partial charge on any atom is 0.255 e. The van der Waals surface area contributed by atoms with E-state index in [4.69, 9.17) is 0 Å². The van der Waals surface area contributed by atoms with Crippen molar-refractivity contribution >= 4 is 23.6 Å². The molecule has 5 nitrogen and oxygen atoms in total. The van der Waals surface area contributed by atoms with Crippen molar-refractivity contribution in [2.24, 2.45) is 5.92 Å². The van der Waals surface area contributed by atoms with Crippen molar-refractivity contribution in [2.45, 2.75) is 25.3 Å². The molecule has 1 N–H and O–H groups in total. The molecule has 0 bridgehead atoms. The molecule has 25 heavy (non-hydrogen) atoms. The maximum atomic E-state index is 13.1. The van der Waals surface area contributed by atoms with E-state index in [1.807, 2.05) is 32.8 Å². The molecule has 138 valence electrons. The van der Waals surface area contributed by atoms with Crippen molar-refractivity contribution in [2.75, 3.05) is 32.9 Å². The van der Waals surface area contributed by atoms with Crippen LogP contribution in [0.1, 0.15) is 24.2 Å². The second-order valence-corrected chi connectivity index (χ2v) is 7.95. The van der Waals surface area contributed by atoms with E-state index in [-0.39, 0.29) is 28.9 Å². The molecule has 2 amide bonds. The average molecular weight is 367 g/mol. The van der Waals surface area contributed by atoms with Gasteiger partial charge in [0.1, 0.15) is 11.9 Å². The molecule has 1 heterocycles. The molecule has 0 radical (unpaired) electrons. The fourth-order valence-electron chi connectivity index (χ4n) is 2.76. The topological polar surface area (TPSA) is 52.7 Å². The van der Waals surface area contributed by atoms with Crippen LogP contribution in [0.4, 0.5) is 4.39 Å². The van der Waals surface area contributed by atoms with Gasteiger partial charge in [0, 0.05) is 24.4 Å². The summed E-state index contributed by atoms with van der Waals surface area (Å²) in [7, 11) is 3.88. The van der Waals surface area contributed by atoms with E-state index in [2.05, 4.69) is 5.32 Å². The van der Waals surface area contributed by atoms with Crippen molar-refractivity contribution in [3.8, 4) is 0 Å². The minimum absolute atomic E-state index is 0.0675. The van der Waals surface area contributed by atoms with Crippen LogP contribution < -0.4 is 5.32 Å². The largest absolute Gasteiger partial charge is 0.353 e. The van der Waals surface area contributed by atoms with Gasteiger partial charge in [0.2, 0.25) is 5.91 Å². The van der Waals surface area contributed by atoms with E-state index in [9.17, 15) is 14.0 Å². The Hall–Kier alpha value is -1.60. The molecule has 0 spiro atoms. The third-order valence-corrected chi connectivity index (χ3v) is 5.71. The molecule has 2 rings (SSSR count). The number of benzene rings is 1. The summed E-state index contributed by atoms with van der Waals surface area (Å²) in [6.07, 6.45) is 0. The van der Waals surface area contributed by atoms with Crippen LogP contribution in [0.15, 0.2) is 24.3 Å². The second kappa shape index (κ2) is 8.67. The lowest BCUT2D eigenvalue weighted by Crippen LogP contribution is -2.51. The van der Waals surface area contributed by atoms with Gasteiger partial charge < -0.3 is 15.1 Å². The van der Waals surface area contributed by atoms with Gasteiger partial charge in [0.05, 0.1) is 5.37 Å². The fraction of sp³-hybridized carbons (Fsp3) is 0.556. The molecular weight excluding hydrogens is 341 g/mol. The highest BCUT2D eigenvalue weighted by molar-refractivity contribution is 8.00. The molecule has 2 unspecified atom stereocenters. The number of likely N-dealkylation sites (N-methyl/N-ethyl adjacent to an activating group) is 1. The van der Waals surface area contributed by atoms with E-state index in [0.717, 1.165) is 6.54 Å². The van der Waals surface area contributed by atoms with E-state index in [1.165, 1.54) is 24.3 Å². The van der Waals surface area contributed by atoms with Crippen molar-refractivity contribution in [1.29, 1.82) is 0 Å². The monoisotopic (exact) mass is 367 g/mol. The number of carbonyl (C=O) groups is 2. The molecule has 1 aromatic carbocycles. The van der Waals surface area contributed by atoms with E-state index >= 15 is 0 Å². The molecule has 1 aliphatic rings. The molecular formula is C18H26FN3O2S. The third-order valence-electron chi connectivity index (χ3n) is 4.09. The second-order valence-electron chi connectivity index (χ2n) is 6.80. The Kier molecular flexibility index (Phi) is 6.84. The van der Waals surface area contributed by atoms with Crippen molar-refractivity contribution in [3.05, 3.63) is 35.6 Å². The number of nitrogens with one attached hydrogen (secondary N) is 1. The first-order valence-corrected chi connectivity index (χ1v) is 9.48. The molecule has 1 aliphatic heterocycles. The van der Waals surface area contributed by atoms with Crippen LogP contribution in [-0.2, 0) is 4.79 Å². The summed E-state index contributed by atoms with van der Waals surface area (Å²) in [5, 5.41) is 2.85. The number of thioether (sulfide) groups is 1. The van der Waals surface area contributed by atoms with Gasteiger partial charge in [-0.25, -0.2) is 4.39 Å². The summed E-state index contributed by atoms with van der Waals surface area (Å²) in [5.41, 5.74) is 0.403. The van der Waals surface area contributed by atoms with Crippen LogP contribution in [0.25, 0.3) is 0 Å². The molecule has 2 atom stereocenters. The quantitative estimate of drug-likeness (QED) is 0.836. The molecule has 0 aliphatic carbocycles. The van der Waals surface area contributed by atoms with Crippen molar-refractivity contribution in [1.82, 2.24) is 15.1 Å². The number of halogens is 1. The van der Waals surface area contributed by atoms with Gasteiger partial charge in [-0.1, -0.05) is 13.8 Å². The minimum atomic E-state index is -0.503. The summed E-state index contributed by atoms with van der Waals surface area (Å²) in [5.74, 6) is 0.0490. The number of nitrogens with zero attached hydrogens (tertiary/aromatic N) is 2. The normalized spacial score (nSPS) is 20.4. The fourth-order valence-corrected chi connectivity index (χ4v) is 4.24. The van der Waals surface area contributed by atoms with Gasteiger partial charge in [-0.3, -0.25) is 9.59 Å². The molecule has 1 aromatic rings. The first-order chi connectivity index (χ1) is 11.8. The summed E-state index contributed by atoms with van der Waals surface area (Å²) >= 11 is 1.62.